The van der Waals surface area contributed by atoms with Crippen molar-refractivity contribution in [2.45, 2.75) is 52.5 Å². The molecule has 0 unspecified atom stereocenters. The van der Waals surface area contributed by atoms with Gasteiger partial charge in [-0.3, -0.25) is 9.59 Å². The first-order valence-corrected chi connectivity index (χ1v) is 7.28. The summed E-state index contributed by atoms with van der Waals surface area (Å²) in [7, 11) is 0. The second-order valence-electron chi connectivity index (χ2n) is 5.69. The van der Waals surface area contributed by atoms with Gasteiger partial charge in [0.25, 0.3) is 0 Å². The summed E-state index contributed by atoms with van der Waals surface area (Å²) in [4.78, 5) is 23.9. The van der Waals surface area contributed by atoms with Crippen LogP contribution in [0.1, 0.15) is 46.5 Å². The van der Waals surface area contributed by atoms with E-state index in [9.17, 15) is 9.59 Å². The van der Waals surface area contributed by atoms with Crippen LogP contribution in [0.2, 0.25) is 0 Å². The van der Waals surface area contributed by atoms with Gasteiger partial charge in [0.15, 0.2) is 0 Å². The maximum absolute atomic E-state index is 12.4. The third-order valence-corrected chi connectivity index (χ3v) is 3.63. The molecular formula is C14H27N3O2. The summed E-state index contributed by atoms with van der Waals surface area (Å²) < 4.78 is 0. The monoisotopic (exact) mass is 269 g/mol. The van der Waals surface area contributed by atoms with Gasteiger partial charge < -0.3 is 16.0 Å². The predicted octanol–water partition coefficient (Wildman–Crippen LogP) is 0.797. The lowest BCUT2D eigenvalue weighted by atomic mass is 9.74. The lowest BCUT2D eigenvalue weighted by Gasteiger charge is -2.36. The molecular weight excluding hydrogens is 242 g/mol. The van der Waals surface area contributed by atoms with E-state index in [1.165, 1.54) is 0 Å². The Hall–Kier alpha value is -1.10. The Morgan fingerprint density at radius 2 is 1.89 bits per heavy atom. The van der Waals surface area contributed by atoms with Crippen LogP contribution >= 0.6 is 0 Å². The van der Waals surface area contributed by atoms with Crippen molar-refractivity contribution in [2.75, 3.05) is 19.6 Å². The first kappa shape index (κ1) is 16.0. The highest BCUT2D eigenvalue weighted by Crippen LogP contribution is 2.34. The highest BCUT2D eigenvalue weighted by Gasteiger charge is 2.38. The van der Waals surface area contributed by atoms with Crippen molar-refractivity contribution in [3.05, 3.63) is 0 Å². The summed E-state index contributed by atoms with van der Waals surface area (Å²) in [6.07, 6.45) is 3.61. The first-order valence-electron chi connectivity index (χ1n) is 7.28. The Morgan fingerprint density at radius 1 is 1.26 bits per heavy atom. The van der Waals surface area contributed by atoms with Crippen molar-refractivity contribution in [3.8, 4) is 0 Å². The number of carbonyl (C=O) groups is 2. The third-order valence-electron chi connectivity index (χ3n) is 3.63. The number of carbonyl (C=O) groups excluding carboxylic acids is 2. The van der Waals surface area contributed by atoms with Crippen LogP contribution in [-0.4, -0.2) is 37.5 Å². The SMILES string of the molecule is CCCC1(C(=O)NCC(=O)NC(C)C)CCNCC1. The molecule has 1 aliphatic heterocycles. The molecule has 1 aliphatic rings. The maximum atomic E-state index is 12.4. The van der Waals surface area contributed by atoms with Crippen LogP contribution in [-0.2, 0) is 9.59 Å². The number of nitrogens with one attached hydrogen (secondary N) is 3. The second kappa shape index (κ2) is 7.48. The van der Waals surface area contributed by atoms with Crippen molar-refractivity contribution in [1.29, 1.82) is 0 Å². The van der Waals surface area contributed by atoms with Gasteiger partial charge >= 0.3 is 0 Å². The predicted molar refractivity (Wildman–Crippen MR) is 75.7 cm³/mol. The minimum absolute atomic E-state index is 0.0368. The number of hydrogen-bond acceptors (Lipinski definition) is 3. The fourth-order valence-electron chi connectivity index (χ4n) is 2.70. The lowest BCUT2D eigenvalue weighted by Crippen LogP contribution is -2.50. The Bertz CT molecular complexity index is 304. The van der Waals surface area contributed by atoms with Gasteiger partial charge in [-0.15, -0.1) is 0 Å². The van der Waals surface area contributed by atoms with Gasteiger partial charge in [0, 0.05) is 6.04 Å². The van der Waals surface area contributed by atoms with Gasteiger partial charge in [-0.1, -0.05) is 13.3 Å². The fourth-order valence-corrected chi connectivity index (χ4v) is 2.70. The summed E-state index contributed by atoms with van der Waals surface area (Å²) >= 11 is 0. The number of amides is 2. The van der Waals surface area contributed by atoms with Crippen molar-refractivity contribution < 1.29 is 9.59 Å². The van der Waals surface area contributed by atoms with E-state index in [4.69, 9.17) is 0 Å². The Labute approximate surface area is 115 Å². The molecule has 1 fully saturated rings. The average molecular weight is 269 g/mol. The van der Waals surface area contributed by atoms with E-state index in [1.54, 1.807) is 0 Å². The van der Waals surface area contributed by atoms with E-state index in [1.807, 2.05) is 13.8 Å². The summed E-state index contributed by atoms with van der Waals surface area (Å²) in [6.45, 7) is 7.76. The van der Waals surface area contributed by atoms with E-state index in [2.05, 4.69) is 22.9 Å². The zero-order valence-corrected chi connectivity index (χ0v) is 12.3. The quantitative estimate of drug-likeness (QED) is 0.668. The number of piperidine rings is 1. The molecule has 3 N–H and O–H groups in total. The number of hydrogen-bond donors (Lipinski definition) is 3. The number of rotatable bonds is 6. The van der Waals surface area contributed by atoms with Gasteiger partial charge in [0.1, 0.15) is 0 Å². The Morgan fingerprint density at radius 3 is 2.42 bits per heavy atom. The molecule has 0 aliphatic carbocycles. The molecule has 0 saturated carbocycles. The molecule has 1 rings (SSSR count). The molecule has 0 spiro atoms. The molecule has 1 saturated heterocycles. The molecule has 2 amide bonds. The van der Waals surface area contributed by atoms with Crippen LogP contribution in [0.3, 0.4) is 0 Å². The fraction of sp³-hybridized carbons (Fsp3) is 0.857. The molecule has 5 nitrogen and oxygen atoms in total. The zero-order chi connectivity index (χ0) is 14.3. The van der Waals surface area contributed by atoms with Gasteiger partial charge in [-0.2, -0.15) is 0 Å². The van der Waals surface area contributed by atoms with Crippen LogP contribution in [0, 0.1) is 5.41 Å². The Balaban J connectivity index is 2.50. The van der Waals surface area contributed by atoms with E-state index in [0.717, 1.165) is 38.8 Å². The van der Waals surface area contributed by atoms with Crippen molar-refractivity contribution >= 4 is 11.8 Å². The van der Waals surface area contributed by atoms with Gasteiger partial charge in [0.05, 0.1) is 12.0 Å². The highest BCUT2D eigenvalue weighted by molar-refractivity contribution is 5.88. The largest absolute Gasteiger partial charge is 0.352 e. The van der Waals surface area contributed by atoms with E-state index in [0.29, 0.717) is 0 Å². The molecule has 1 heterocycles. The van der Waals surface area contributed by atoms with Crippen LogP contribution in [0.4, 0.5) is 0 Å². The molecule has 0 aromatic carbocycles. The molecule has 110 valence electrons. The van der Waals surface area contributed by atoms with Crippen LogP contribution in [0.25, 0.3) is 0 Å². The summed E-state index contributed by atoms with van der Waals surface area (Å²) in [5.74, 6) is -0.0845. The smallest absolute Gasteiger partial charge is 0.239 e. The molecule has 0 aromatic heterocycles. The van der Waals surface area contributed by atoms with E-state index in [-0.39, 0.29) is 29.8 Å². The third kappa shape index (κ3) is 4.82. The maximum Gasteiger partial charge on any atom is 0.239 e. The van der Waals surface area contributed by atoms with Crippen molar-refractivity contribution in [3.63, 3.8) is 0 Å². The second-order valence-corrected chi connectivity index (χ2v) is 5.69. The Kier molecular flexibility index (Phi) is 6.28. The average Bonchev–Trinajstić information content (AvgIpc) is 2.36. The van der Waals surface area contributed by atoms with E-state index < -0.39 is 0 Å². The standard InChI is InChI=1S/C14H27N3O2/c1-4-5-14(6-8-15-9-7-14)13(19)16-10-12(18)17-11(2)3/h11,15H,4-10H2,1-3H3,(H,16,19)(H,17,18). The van der Waals surface area contributed by atoms with E-state index >= 15 is 0 Å². The first-order chi connectivity index (χ1) is 9.00. The van der Waals surface area contributed by atoms with Crippen LogP contribution < -0.4 is 16.0 Å². The van der Waals surface area contributed by atoms with Gasteiger partial charge in [0.2, 0.25) is 11.8 Å². The molecule has 0 bridgehead atoms. The molecule has 19 heavy (non-hydrogen) atoms. The van der Waals surface area contributed by atoms with Crippen LogP contribution in [0.15, 0.2) is 0 Å². The topological polar surface area (TPSA) is 70.2 Å². The van der Waals surface area contributed by atoms with Crippen molar-refractivity contribution in [2.24, 2.45) is 5.41 Å². The minimum atomic E-state index is -0.280. The zero-order valence-electron chi connectivity index (χ0n) is 12.3. The molecule has 0 atom stereocenters. The van der Waals surface area contributed by atoms with Gasteiger partial charge in [-0.25, -0.2) is 0 Å². The summed E-state index contributed by atoms with van der Waals surface area (Å²) in [5.41, 5.74) is -0.280. The molecule has 0 aromatic rings. The lowest BCUT2D eigenvalue weighted by molar-refractivity contribution is -0.135. The highest BCUT2D eigenvalue weighted by atomic mass is 16.2. The normalized spacial score (nSPS) is 18.1. The van der Waals surface area contributed by atoms with Gasteiger partial charge in [-0.05, 0) is 46.2 Å². The van der Waals surface area contributed by atoms with Crippen molar-refractivity contribution in [1.82, 2.24) is 16.0 Å². The molecule has 5 heteroatoms. The summed E-state index contributed by atoms with van der Waals surface area (Å²) in [5, 5.41) is 8.87. The summed E-state index contributed by atoms with van der Waals surface area (Å²) in [6, 6.07) is 0.105. The minimum Gasteiger partial charge on any atom is -0.352 e. The van der Waals surface area contributed by atoms with Crippen LogP contribution in [0.5, 0.6) is 0 Å². The molecule has 0 radical (unpaired) electrons.